The molecule has 4 rings (SSSR count). The zero-order valence-electron chi connectivity index (χ0n) is 27.1. The molecule has 0 aliphatic rings. The van der Waals surface area contributed by atoms with E-state index in [1.807, 2.05) is 82.3 Å². The quantitative estimate of drug-likeness (QED) is 0.185. The van der Waals surface area contributed by atoms with E-state index in [1.54, 1.807) is 43.5 Å². The lowest BCUT2D eigenvalue weighted by Crippen LogP contribution is -2.53. The largest absolute Gasteiger partial charge is 0.497 e. The zero-order valence-corrected chi connectivity index (χ0v) is 28.0. The minimum Gasteiger partial charge on any atom is -0.497 e. The van der Waals surface area contributed by atoms with Crippen LogP contribution in [0.5, 0.6) is 5.75 Å². The first-order valence-corrected chi connectivity index (χ1v) is 16.8. The number of nitrogens with zero attached hydrogens (tertiary/aromatic N) is 2. The molecule has 2 amide bonds. The summed E-state index contributed by atoms with van der Waals surface area (Å²) in [6.45, 7) is 7.84. The normalized spacial score (nSPS) is 12.0. The smallest absolute Gasteiger partial charge is 0.264 e. The molecule has 4 aromatic carbocycles. The van der Waals surface area contributed by atoms with Crippen LogP contribution in [0, 0.1) is 19.8 Å². The summed E-state index contributed by atoms with van der Waals surface area (Å²) in [6, 6.07) is 29.3. The van der Waals surface area contributed by atoms with E-state index in [9.17, 15) is 18.0 Å². The number of methoxy groups -OCH3 is 1. The molecule has 4 aromatic rings. The van der Waals surface area contributed by atoms with Gasteiger partial charge in [0.25, 0.3) is 10.0 Å². The molecule has 0 saturated heterocycles. The second-order valence-electron chi connectivity index (χ2n) is 11.8. The predicted molar refractivity (Wildman–Crippen MR) is 182 cm³/mol. The number of carbonyl (C=O) groups is 2. The molecule has 0 heterocycles. The molecule has 0 bridgehead atoms. The highest BCUT2D eigenvalue weighted by Crippen LogP contribution is 2.27. The fourth-order valence-corrected chi connectivity index (χ4v) is 6.50. The number of rotatable bonds is 14. The van der Waals surface area contributed by atoms with Gasteiger partial charge in [0.1, 0.15) is 18.3 Å². The molecular weight excluding hydrogens is 598 g/mol. The number of hydrogen-bond donors (Lipinski definition) is 1. The van der Waals surface area contributed by atoms with Gasteiger partial charge in [-0.2, -0.15) is 0 Å². The number of ether oxygens (including phenoxy) is 1. The van der Waals surface area contributed by atoms with Gasteiger partial charge in [-0.1, -0.05) is 80.6 Å². The van der Waals surface area contributed by atoms with Crippen LogP contribution in [0.25, 0.3) is 0 Å². The molecule has 1 atom stereocenters. The minimum absolute atomic E-state index is 0.0643. The maximum Gasteiger partial charge on any atom is 0.264 e. The van der Waals surface area contributed by atoms with Crippen molar-refractivity contribution in [2.24, 2.45) is 5.92 Å². The summed E-state index contributed by atoms with van der Waals surface area (Å²) in [5.74, 6) is -0.0176. The van der Waals surface area contributed by atoms with Crippen LogP contribution in [0.15, 0.2) is 108 Å². The molecule has 0 unspecified atom stereocenters. The van der Waals surface area contributed by atoms with Gasteiger partial charge < -0.3 is 15.0 Å². The van der Waals surface area contributed by atoms with E-state index in [2.05, 4.69) is 5.32 Å². The fourth-order valence-electron chi connectivity index (χ4n) is 5.07. The van der Waals surface area contributed by atoms with E-state index in [0.29, 0.717) is 18.0 Å². The number of carbonyl (C=O) groups excluding carboxylic acids is 2. The van der Waals surface area contributed by atoms with Crippen LogP contribution in [0.2, 0.25) is 0 Å². The maximum absolute atomic E-state index is 14.6. The van der Waals surface area contributed by atoms with Gasteiger partial charge in [-0.25, -0.2) is 8.42 Å². The summed E-state index contributed by atoms with van der Waals surface area (Å²) in [7, 11) is -2.59. The van der Waals surface area contributed by atoms with Crippen molar-refractivity contribution in [2.75, 3.05) is 24.5 Å². The summed E-state index contributed by atoms with van der Waals surface area (Å²) in [5.41, 5.74) is 3.87. The molecule has 0 fully saturated rings. The van der Waals surface area contributed by atoms with Gasteiger partial charge >= 0.3 is 0 Å². The monoisotopic (exact) mass is 641 g/mol. The summed E-state index contributed by atoms with van der Waals surface area (Å²) in [4.78, 5) is 30.1. The SMILES string of the molecule is COc1cccc(CN(C(=O)CN(c2ccc(C)c(C)c2)S(=O)(=O)c2ccccc2)[C@H](Cc2ccccc2)C(=O)NCC(C)C)c1. The van der Waals surface area contributed by atoms with E-state index >= 15 is 0 Å². The van der Waals surface area contributed by atoms with Crippen LogP contribution in [-0.4, -0.2) is 51.4 Å². The number of sulfonamides is 1. The first-order chi connectivity index (χ1) is 22.0. The Morgan fingerprint density at radius 2 is 1.46 bits per heavy atom. The van der Waals surface area contributed by atoms with Gasteiger partial charge in [0.05, 0.1) is 17.7 Å². The van der Waals surface area contributed by atoms with Crippen molar-refractivity contribution in [3.63, 3.8) is 0 Å². The highest BCUT2D eigenvalue weighted by molar-refractivity contribution is 7.92. The molecule has 0 aromatic heterocycles. The predicted octanol–water partition coefficient (Wildman–Crippen LogP) is 5.92. The molecule has 9 heteroatoms. The number of hydrogen-bond acceptors (Lipinski definition) is 5. The standard InChI is InChI=1S/C37H43N3O5S/c1-27(2)24-38-37(42)35(23-30-13-8-6-9-14-30)39(25-31-15-12-16-33(22-31)45-5)36(41)26-40(32-20-19-28(3)29(4)21-32)46(43,44)34-17-10-7-11-18-34/h6-22,27,35H,23-26H2,1-5H3,(H,38,42)/t35-/m1/s1. The molecule has 1 N–H and O–H groups in total. The Morgan fingerprint density at radius 1 is 0.804 bits per heavy atom. The number of amides is 2. The van der Waals surface area contributed by atoms with E-state index in [-0.39, 0.29) is 29.7 Å². The molecule has 46 heavy (non-hydrogen) atoms. The second-order valence-corrected chi connectivity index (χ2v) is 13.7. The third-order valence-electron chi connectivity index (χ3n) is 7.83. The van der Waals surface area contributed by atoms with Gasteiger partial charge in [-0.15, -0.1) is 0 Å². The molecule has 242 valence electrons. The number of benzene rings is 4. The molecular formula is C37H43N3O5S. The van der Waals surface area contributed by atoms with Crippen molar-refractivity contribution in [3.05, 3.63) is 125 Å². The van der Waals surface area contributed by atoms with Crippen LogP contribution in [-0.2, 0) is 32.6 Å². The van der Waals surface area contributed by atoms with Crippen molar-refractivity contribution in [1.29, 1.82) is 0 Å². The van der Waals surface area contributed by atoms with Crippen molar-refractivity contribution in [3.8, 4) is 5.75 Å². The van der Waals surface area contributed by atoms with Crippen LogP contribution in [0.4, 0.5) is 5.69 Å². The fraction of sp³-hybridized carbons (Fsp3) is 0.297. The Bertz CT molecular complexity index is 1730. The molecule has 0 spiro atoms. The lowest BCUT2D eigenvalue weighted by molar-refractivity contribution is -0.140. The highest BCUT2D eigenvalue weighted by atomic mass is 32.2. The van der Waals surface area contributed by atoms with Crippen LogP contribution >= 0.6 is 0 Å². The Balaban J connectivity index is 1.82. The molecule has 0 aliphatic carbocycles. The van der Waals surface area contributed by atoms with E-state index in [4.69, 9.17) is 4.74 Å². The summed E-state index contributed by atoms with van der Waals surface area (Å²) >= 11 is 0. The molecule has 0 radical (unpaired) electrons. The van der Waals surface area contributed by atoms with Crippen molar-refractivity contribution < 1.29 is 22.7 Å². The van der Waals surface area contributed by atoms with E-state index in [0.717, 1.165) is 26.6 Å². The van der Waals surface area contributed by atoms with Crippen molar-refractivity contribution in [1.82, 2.24) is 10.2 Å². The topological polar surface area (TPSA) is 96.0 Å². The number of anilines is 1. The van der Waals surface area contributed by atoms with Gasteiger partial charge in [-0.05, 0) is 78.4 Å². The van der Waals surface area contributed by atoms with Gasteiger partial charge in [0, 0.05) is 19.5 Å². The molecule has 0 aliphatic heterocycles. The molecule has 0 saturated carbocycles. The Labute approximate surface area is 273 Å². The van der Waals surface area contributed by atoms with Gasteiger partial charge in [0.2, 0.25) is 11.8 Å². The Morgan fingerprint density at radius 3 is 2.09 bits per heavy atom. The Kier molecular flexibility index (Phi) is 11.6. The molecule has 8 nitrogen and oxygen atoms in total. The maximum atomic E-state index is 14.6. The summed E-state index contributed by atoms with van der Waals surface area (Å²) < 4.78 is 34.9. The Hall–Kier alpha value is -4.63. The van der Waals surface area contributed by atoms with E-state index < -0.39 is 28.5 Å². The van der Waals surface area contributed by atoms with Crippen LogP contribution in [0.3, 0.4) is 0 Å². The van der Waals surface area contributed by atoms with Crippen LogP contribution < -0.4 is 14.4 Å². The van der Waals surface area contributed by atoms with Crippen molar-refractivity contribution >= 4 is 27.5 Å². The van der Waals surface area contributed by atoms with Crippen LogP contribution in [0.1, 0.15) is 36.1 Å². The minimum atomic E-state index is -4.16. The lowest BCUT2D eigenvalue weighted by Gasteiger charge is -2.34. The summed E-state index contributed by atoms with van der Waals surface area (Å²) in [5, 5.41) is 3.01. The first-order valence-electron chi connectivity index (χ1n) is 15.4. The second kappa shape index (κ2) is 15.6. The first kappa shape index (κ1) is 34.2. The van der Waals surface area contributed by atoms with Gasteiger partial charge in [-0.3, -0.25) is 13.9 Å². The lowest BCUT2D eigenvalue weighted by atomic mass is 10.0. The van der Waals surface area contributed by atoms with E-state index in [1.165, 1.54) is 17.0 Å². The average Bonchev–Trinajstić information content (AvgIpc) is 3.06. The third kappa shape index (κ3) is 8.75. The summed E-state index contributed by atoms with van der Waals surface area (Å²) in [6.07, 6.45) is 0.246. The number of aryl methyl sites for hydroxylation is 2. The third-order valence-corrected chi connectivity index (χ3v) is 9.62. The zero-order chi connectivity index (χ0) is 33.3. The van der Waals surface area contributed by atoms with Gasteiger partial charge in [0.15, 0.2) is 0 Å². The highest BCUT2D eigenvalue weighted by Gasteiger charge is 2.34. The van der Waals surface area contributed by atoms with Crippen molar-refractivity contribution in [2.45, 2.75) is 51.6 Å². The number of nitrogens with one attached hydrogen (secondary N) is 1. The average molecular weight is 642 g/mol.